The van der Waals surface area contributed by atoms with Gasteiger partial charge in [0.25, 0.3) is 0 Å². The van der Waals surface area contributed by atoms with E-state index in [4.69, 9.17) is 23.4 Å². The summed E-state index contributed by atoms with van der Waals surface area (Å²) in [5, 5.41) is 101. The fourth-order valence-corrected chi connectivity index (χ4v) is 4.40. The zero-order valence-corrected chi connectivity index (χ0v) is 22.0. The second-order valence-corrected chi connectivity index (χ2v) is 9.72. The predicted octanol–water partition coefficient (Wildman–Crippen LogP) is 0.959. The lowest BCUT2D eigenvalue weighted by Crippen LogP contribution is -2.49. The van der Waals surface area contributed by atoms with Crippen LogP contribution in [0.25, 0.3) is 22.3 Å². The quantitative estimate of drug-likeness (QED) is 0.175. The highest BCUT2D eigenvalue weighted by molar-refractivity contribution is 5.88. The molecule has 1 aromatic heterocycles. The van der Waals surface area contributed by atoms with Gasteiger partial charge in [-0.2, -0.15) is 0 Å². The lowest BCUT2D eigenvalue weighted by molar-refractivity contribution is -0.221. The molecule has 10 N–H and O–H groups in total. The Morgan fingerprint density at radius 1 is 0.837 bits per heavy atom. The van der Waals surface area contributed by atoms with Crippen LogP contribution >= 0.6 is 0 Å². The van der Waals surface area contributed by atoms with Gasteiger partial charge in [-0.25, -0.2) is 0 Å². The Bertz CT molecular complexity index is 1690. The van der Waals surface area contributed by atoms with E-state index >= 15 is 0 Å². The Morgan fingerprint density at radius 3 is 2.26 bits per heavy atom. The van der Waals surface area contributed by atoms with Crippen LogP contribution in [0.15, 0.2) is 62.8 Å². The van der Waals surface area contributed by atoms with Crippen LogP contribution in [0.1, 0.15) is 6.92 Å². The van der Waals surface area contributed by atoms with Gasteiger partial charge < -0.3 is 74.4 Å². The average molecular weight is 606 g/mol. The highest BCUT2D eigenvalue weighted by atomic mass is 16.7. The summed E-state index contributed by atoms with van der Waals surface area (Å²) in [6.45, 7) is 0.708. The lowest BCUT2D eigenvalue weighted by atomic mass is 10.0. The molecule has 16 heteroatoms. The van der Waals surface area contributed by atoms with E-state index in [1.54, 1.807) is 0 Å². The predicted molar refractivity (Wildman–Crippen MR) is 140 cm³/mol. The van der Waals surface area contributed by atoms with E-state index in [0.717, 1.165) is 24.3 Å². The zero-order chi connectivity index (χ0) is 31.3. The second-order valence-electron chi connectivity index (χ2n) is 9.72. The molecular weight excluding hydrogens is 580 g/mol. The molecule has 43 heavy (non-hydrogen) atoms. The van der Waals surface area contributed by atoms with Gasteiger partial charge >= 0.3 is 5.95 Å². The molecule has 5 rings (SSSR count). The van der Waals surface area contributed by atoms with E-state index in [9.17, 15) is 55.9 Å². The highest BCUT2D eigenvalue weighted by Crippen LogP contribution is 2.40. The van der Waals surface area contributed by atoms with E-state index < -0.39 is 112 Å². The van der Waals surface area contributed by atoms with Gasteiger partial charge in [0.2, 0.25) is 23.2 Å². The monoisotopic (exact) mass is 606 g/mol. The first-order valence-electron chi connectivity index (χ1n) is 12.5. The van der Waals surface area contributed by atoms with Crippen LogP contribution in [0.2, 0.25) is 0 Å². The number of phenols is 4. The van der Waals surface area contributed by atoms with Crippen molar-refractivity contribution >= 4 is 11.0 Å². The van der Waals surface area contributed by atoms with Crippen LogP contribution in [0, 0.1) is 0 Å². The summed E-state index contributed by atoms with van der Waals surface area (Å²) in [6, 6.07) is 5.15. The van der Waals surface area contributed by atoms with Crippen LogP contribution in [-0.4, -0.2) is 94.5 Å². The molecule has 0 radical (unpaired) electrons. The summed E-state index contributed by atoms with van der Waals surface area (Å²) < 4.78 is 27.4. The Hall–Kier alpha value is -4.87. The van der Waals surface area contributed by atoms with Gasteiger partial charge in [-0.3, -0.25) is 4.79 Å². The molecule has 0 amide bonds. The molecule has 3 unspecified atom stereocenters. The first-order chi connectivity index (χ1) is 20.3. The summed E-state index contributed by atoms with van der Waals surface area (Å²) in [4.78, 5) is 13.5. The van der Waals surface area contributed by atoms with Gasteiger partial charge in [0.05, 0.1) is 12.7 Å². The molecule has 230 valence electrons. The third-order valence-corrected chi connectivity index (χ3v) is 6.76. The van der Waals surface area contributed by atoms with Crippen molar-refractivity contribution in [2.75, 3.05) is 6.61 Å². The molecule has 0 bridgehead atoms. The van der Waals surface area contributed by atoms with Gasteiger partial charge in [-0.05, 0) is 25.1 Å². The van der Waals surface area contributed by atoms with Crippen molar-refractivity contribution in [2.24, 2.45) is 0 Å². The molecule has 2 aliphatic heterocycles. The molecule has 2 aliphatic rings. The molecule has 0 saturated heterocycles. The highest BCUT2D eigenvalue weighted by Gasteiger charge is 2.42. The fourth-order valence-electron chi connectivity index (χ4n) is 4.40. The largest absolute Gasteiger partial charge is 0.508 e. The Balaban J connectivity index is 1.52. The third kappa shape index (κ3) is 5.28. The second kappa shape index (κ2) is 11.1. The Labute approximate surface area is 240 Å². The van der Waals surface area contributed by atoms with Gasteiger partial charge in [0, 0.05) is 17.7 Å². The summed E-state index contributed by atoms with van der Waals surface area (Å²) in [6.07, 6.45) is -9.61. The fraction of sp³-hybridized carbons (Fsp3) is 0.296. The van der Waals surface area contributed by atoms with E-state index in [2.05, 4.69) is 0 Å². The van der Waals surface area contributed by atoms with E-state index in [1.807, 2.05) is 0 Å². The number of hydrogen-bond acceptors (Lipinski definition) is 16. The smallest absolute Gasteiger partial charge is 0.327 e. The van der Waals surface area contributed by atoms with E-state index in [-0.39, 0.29) is 11.1 Å². The summed E-state index contributed by atoms with van der Waals surface area (Å²) in [5.74, 6) is -7.14. The van der Waals surface area contributed by atoms with Crippen LogP contribution in [-0.2, 0) is 14.2 Å². The Morgan fingerprint density at radius 2 is 1.56 bits per heavy atom. The summed E-state index contributed by atoms with van der Waals surface area (Å²) in [7, 11) is 0. The molecule has 0 aliphatic carbocycles. The van der Waals surface area contributed by atoms with Gasteiger partial charge in [0.15, 0.2) is 34.9 Å². The first kappa shape index (κ1) is 29.6. The summed E-state index contributed by atoms with van der Waals surface area (Å²) >= 11 is 0. The van der Waals surface area contributed by atoms with Crippen LogP contribution in [0.3, 0.4) is 0 Å². The topological polar surface area (TPSA) is 269 Å². The molecule has 3 heterocycles. The van der Waals surface area contributed by atoms with Crippen molar-refractivity contribution in [1.29, 1.82) is 0 Å². The normalized spacial score (nSPS) is 26.0. The summed E-state index contributed by atoms with van der Waals surface area (Å²) in [5.41, 5.74) is -1.44. The maximum Gasteiger partial charge on any atom is 0.327 e. The molecule has 6 atom stereocenters. The van der Waals surface area contributed by atoms with Gasteiger partial charge in [-0.1, -0.05) is 0 Å². The van der Waals surface area contributed by atoms with Crippen LogP contribution in [0.5, 0.6) is 28.7 Å². The molecule has 3 aromatic rings. The van der Waals surface area contributed by atoms with Gasteiger partial charge in [-0.15, -0.1) is 0 Å². The van der Waals surface area contributed by atoms with Crippen molar-refractivity contribution in [3.05, 3.63) is 63.8 Å². The number of rotatable bonds is 6. The number of aromatic hydroxyl groups is 4. The number of aliphatic hydroxyl groups excluding tert-OH is 6. The minimum atomic E-state index is -2.05. The Kier molecular flexibility index (Phi) is 7.63. The number of phenolic OH excluding ortho intramolecular Hbond substituents is 4. The molecule has 0 saturated carbocycles. The molecule has 16 nitrogen and oxygen atoms in total. The molecule has 2 aromatic carbocycles. The number of fused-ring (bicyclic) bond motifs is 1. The first-order valence-corrected chi connectivity index (χ1v) is 12.5. The van der Waals surface area contributed by atoms with E-state index in [1.165, 1.54) is 13.0 Å². The number of aliphatic hydroxyl groups is 6. The van der Waals surface area contributed by atoms with Crippen LogP contribution < -0.4 is 10.2 Å². The zero-order valence-electron chi connectivity index (χ0n) is 22.0. The SMILES string of the molecule is CC1O[C@@H](OCC2OC(Oc3c(-c4ccc(O)c(O)c4)oc4cc(O)cc(O)c4c3=O)=C(O)C(O)[C@@H]2O)C(O)=C(O)[C@H]1O. The van der Waals surface area contributed by atoms with Crippen molar-refractivity contribution in [3.63, 3.8) is 0 Å². The lowest BCUT2D eigenvalue weighted by Gasteiger charge is -2.35. The maximum atomic E-state index is 13.5. The maximum absolute atomic E-state index is 13.5. The molecule has 0 fully saturated rings. The van der Waals surface area contributed by atoms with Crippen molar-refractivity contribution in [3.8, 4) is 40.1 Å². The van der Waals surface area contributed by atoms with Crippen molar-refractivity contribution in [1.82, 2.24) is 0 Å². The number of hydrogen-bond donors (Lipinski definition) is 10. The van der Waals surface area contributed by atoms with Crippen molar-refractivity contribution < 1.29 is 74.4 Å². The van der Waals surface area contributed by atoms with Gasteiger partial charge in [0.1, 0.15) is 40.8 Å². The van der Waals surface area contributed by atoms with Crippen LogP contribution in [0.4, 0.5) is 0 Å². The number of benzene rings is 2. The van der Waals surface area contributed by atoms with Crippen molar-refractivity contribution in [2.45, 2.75) is 43.7 Å². The average Bonchev–Trinajstić information content (AvgIpc) is 2.96. The number of ether oxygens (including phenoxy) is 4. The minimum absolute atomic E-state index is 0.0590. The minimum Gasteiger partial charge on any atom is -0.508 e. The standard InChI is InChI=1S/C27H26O16/c1-8-17(32)20(35)22(37)26(40-8)39-7-15-18(33)21(36)23(38)27(42-15)43-25-19(34)16-13(31)5-10(28)6-14(16)41-24(25)9-2-3-11(29)12(30)4-9/h2-6,8,15,17-18,21,26,28-33,35-38H,7H2,1H3/t8?,15?,17-,18+,21?,26+/m0/s1. The molecule has 0 spiro atoms. The third-order valence-electron chi connectivity index (χ3n) is 6.76. The van der Waals surface area contributed by atoms with E-state index in [0.29, 0.717) is 0 Å². The molecular formula is C27H26O16.